The highest BCUT2D eigenvalue weighted by Gasteiger charge is 2.11. The minimum atomic E-state index is -0.278. The first-order chi connectivity index (χ1) is 8.08. The molecule has 0 spiro atoms. The SMILES string of the molecule is Cn1ccc(C(=O)CSc2n[nH]c(=O)n2C)c1. The van der Waals surface area contributed by atoms with E-state index in [1.807, 2.05) is 17.8 Å². The minimum absolute atomic E-state index is 0.0195. The van der Waals surface area contributed by atoms with Gasteiger partial charge >= 0.3 is 5.69 Å². The molecule has 0 aliphatic rings. The first kappa shape index (κ1) is 11.7. The Balaban J connectivity index is 2.01. The first-order valence-corrected chi connectivity index (χ1v) is 5.96. The van der Waals surface area contributed by atoms with Crippen LogP contribution in [-0.4, -0.2) is 30.9 Å². The van der Waals surface area contributed by atoms with Gasteiger partial charge in [0, 0.05) is 32.1 Å². The van der Waals surface area contributed by atoms with Gasteiger partial charge in [0.1, 0.15) is 0 Å². The van der Waals surface area contributed by atoms with Gasteiger partial charge in [-0.05, 0) is 6.07 Å². The quantitative estimate of drug-likeness (QED) is 0.632. The number of nitrogens with zero attached hydrogens (tertiary/aromatic N) is 3. The predicted octanol–water partition coefficient (Wildman–Crippen LogP) is 0.422. The monoisotopic (exact) mass is 252 g/mol. The number of aryl methyl sites for hydroxylation is 1. The van der Waals surface area contributed by atoms with Crippen molar-refractivity contribution in [3.63, 3.8) is 0 Å². The van der Waals surface area contributed by atoms with E-state index in [1.54, 1.807) is 19.3 Å². The lowest BCUT2D eigenvalue weighted by atomic mass is 10.2. The molecule has 6 nitrogen and oxygen atoms in total. The van der Waals surface area contributed by atoms with Crippen molar-refractivity contribution in [2.45, 2.75) is 5.16 Å². The number of carbonyl (C=O) groups excluding carboxylic acids is 1. The molecule has 0 unspecified atom stereocenters. The lowest BCUT2D eigenvalue weighted by Crippen LogP contribution is -2.13. The third kappa shape index (κ3) is 2.50. The normalized spacial score (nSPS) is 10.7. The number of ketones is 1. The summed E-state index contributed by atoms with van der Waals surface area (Å²) in [6.07, 6.45) is 3.59. The predicted molar refractivity (Wildman–Crippen MR) is 64.3 cm³/mol. The van der Waals surface area contributed by atoms with Gasteiger partial charge < -0.3 is 4.57 Å². The summed E-state index contributed by atoms with van der Waals surface area (Å²) < 4.78 is 3.20. The number of hydrogen-bond acceptors (Lipinski definition) is 4. The van der Waals surface area contributed by atoms with E-state index in [0.717, 1.165) is 0 Å². The van der Waals surface area contributed by atoms with E-state index in [9.17, 15) is 9.59 Å². The maximum absolute atomic E-state index is 11.8. The first-order valence-electron chi connectivity index (χ1n) is 4.97. The Kier molecular flexibility index (Phi) is 3.19. The number of Topliss-reactive ketones (excluding diaryl/α,β-unsaturated/α-hetero) is 1. The van der Waals surface area contributed by atoms with Crippen molar-refractivity contribution in [1.82, 2.24) is 19.3 Å². The molecule has 1 N–H and O–H groups in total. The van der Waals surface area contributed by atoms with E-state index in [1.165, 1.54) is 16.3 Å². The summed E-state index contributed by atoms with van der Waals surface area (Å²) in [7, 11) is 3.47. The van der Waals surface area contributed by atoms with E-state index in [-0.39, 0.29) is 17.2 Å². The Morgan fingerprint density at radius 3 is 2.82 bits per heavy atom. The highest BCUT2D eigenvalue weighted by molar-refractivity contribution is 7.99. The van der Waals surface area contributed by atoms with Crippen molar-refractivity contribution in [2.24, 2.45) is 14.1 Å². The van der Waals surface area contributed by atoms with Crippen molar-refractivity contribution in [1.29, 1.82) is 0 Å². The second-order valence-electron chi connectivity index (χ2n) is 3.65. The Hall–Kier alpha value is -1.76. The van der Waals surface area contributed by atoms with Gasteiger partial charge in [-0.3, -0.25) is 9.36 Å². The summed E-state index contributed by atoms with van der Waals surface area (Å²) in [5, 5.41) is 6.66. The molecular weight excluding hydrogens is 240 g/mol. The lowest BCUT2D eigenvalue weighted by Gasteiger charge is -1.98. The van der Waals surface area contributed by atoms with Gasteiger partial charge in [0.05, 0.1) is 5.75 Å². The number of thioether (sulfide) groups is 1. The summed E-state index contributed by atoms with van der Waals surface area (Å²) >= 11 is 1.24. The third-order valence-electron chi connectivity index (χ3n) is 2.33. The maximum atomic E-state index is 11.8. The molecule has 0 saturated heterocycles. The highest BCUT2D eigenvalue weighted by atomic mass is 32.2. The van der Waals surface area contributed by atoms with Crippen molar-refractivity contribution in [3.05, 3.63) is 34.5 Å². The molecule has 2 aromatic heterocycles. The Labute approximate surface area is 102 Å². The molecule has 0 aliphatic heterocycles. The van der Waals surface area contributed by atoms with Crippen LogP contribution < -0.4 is 5.69 Å². The number of nitrogens with one attached hydrogen (secondary N) is 1. The van der Waals surface area contributed by atoms with E-state index >= 15 is 0 Å². The zero-order chi connectivity index (χ0) is 12.4. The van der Waals surface area contributed by atoms with Gasteiger partial charge in [0.15, 0.2) is 10.9 Å². The Bertz CT molecular complexity index is 595. The summed E-state index contributed by atoms with van der Waals surface area (Å²) in [5.74, 6) is 0.286. The highest BCUT2D eigenvalue weighted by Crippen LogP contribution is 2.14. The molecule has 17 heavy (non-hydrogen) atoms. The second-order valence-corrected chi connectivity index (χ2v) is 4.59. The second kappa shape index (κ2) is 4.62. The van der Waals surface area contributed by atoms with Crippen molar-refractivity contribution >= 4 is 17.5 Å². The topological polar surface area (TPSA) is 72.7 Å². The smallest absolute Gasteiger partial charge is 0.343 e. The molecule has 2 heterocycles. The molecule has 0 radical (unpaired) electrons. The maximum Gasteiger partial charge on any atom is 0.343 e. The van der Waals surface area contributed by atoms with Gasteiger partial charge in [-0.1, -0.05) is 11.8 Å². The Morgan fingerprint density at radius 1 is 1.53 bits per heavy atom. The number of aromatic amines is 1. The fourth-order valence-electron chi connectivity index (χ4n) is 1.34. The summed E-state index contributed by atoms with van der Waals surface area (Å²) in [6.45, 7) is 0. The van der Waals surface area contributed by atoms with Crippen LogP contribution in [0.25, 0.3) is 0 Å². The van der Waals surface area contributed by atoms with Gasteiger partial charge in [0.2, 0.25) is 0 Å². The van der Waals surface area contributed by atoms with E-state index < -0.39 is 0 Å². The zero-order valence-electron chi connectivity index (χ0n) is 9.51. The molecule has 0 saturated carbocycles. The summed E-state index contributed by atoms with van der Waals surface area (Å²) in [5.41, 5.74) is 0.389. The molecule has 2 aromatic rings. The molecule has 0 amide bonds. The van der Waals surface area contributed by atoms with Crippen LogP contribution in [0.2, 0.25) is 0 Å². The van der Waals surface area contributed by atoms with E-state index in [0.29, 0.717) is 10.7 Å². The molecule has 0 fully saturated rings. The Morgan fingerprint density at radius 2 is 2.29 bits per heavy atom. The average Bonchev–Trinajstić information content (AvgIpc) is 2.86. The fourth-order valence-corrected chi connectivity index (χ4v) is 2.16. The van der Waals surface area contributed by atoms with E-state index in [4.69, 9.17) is 0 Å². The lowest BCUT2D eigenvalue weighted by molar-refractivity contribution is 0.102. The molecule has 0 atom stereocenters. The third-order valence-corrected chi connectivity index (χ3v) is 3.35. The largest absolute Gasteiger partial charge is 0.357 e. The van der Waals surface area contributed by atoms with Crippen LogP contribution in [0.15, 0.2) is 28.4 Å². The molecule has 0 bridgehead atoms. The molecule has 0 aromatic carbocycles. The van der Waals surface area contributed by atoms with Gasteiger partial charge in [-0.15, -0.1) is 5.10 Å². The van der Waals surface area contributed by atoms with Crippen LogP contribution in [0.3, 0.4) is 0 Å². The van der Waals surface area contributed by atoms with E-state index in [2.05, 4.69) is 10.2 Å². The summed E-state index contributed by atoms with van der Waals surface area (Å²) in [4.78, 5) is 22.9. The zero-order valence-corrected chi connectivity index (χ0v) is 10.3. The number of hydrogen-bond donors (Lipinski definition) is 1. The number of carbonyl (C=O) groups is 1. The van der Waals surface area contributed by atoms with Crippen LogP contribution in [0.1, 0.15) is 10.4 Å². The minimum Gasteiger partial charge on any atom is -0.357 e. The van der Waals surface area contributed by atoms with Crippen LogP contribution in [0, 0.1) is 0 Å². The van der Waals surface area contributed by atoms with Crippen LogP contribution in [0.5, 0.6) is 0 Å². The summed E-state index contributed by atoms with van der Waals surface area (Å²) in [6, 6.07) is 1.77. The van der Waals surface area contributed by atoms with Gasteiger partial charge in [-0.25, -0.2) is 9.89 Å². The molecular formula is C10H12N4O2S. The van der Waals surface area contributed by atoms with Gasteiger partial charge in [-0.2, -0.15) is 0 Å². The molecule has 0 aliphatic carbocycles. The average molecular weight is 252 g/mol. The van der Waals surface area contributed by atoms with Gasteiger partial charge in [0.25, 0.3) is 0 Å². The standard InChI is InChI=1S/C10H12N4O2S/c1-13-4-3-7(5-13)8(15)6-17-10-12-11-9(16)14(10)2/h3-5H,6H2,1-2H3,(H,11,16). The number of rotatable bonds is 4. The number of H-pyrrole nitrogens is 1. The van der Waals surface area contributed by atoms with Crippen LogP contribution in [-0.2, 0) is 14.1 Å². The van der Waals surface area contributed by atoms with Crippen molar-refractivity contribution in [3.8, 4) is 0 Å². The molecule has 7 heteroatoms. The van der Waals surface area contributed by atoms with Crippen LogP contribution in [0.4, 0.5) is 0 Å². The molecule has 2 rings (SSSR count). The molecule has 90 valence electrons. The van der Waals surface area contributed by atoms with Crippen molar-refractivity contribution < 1.29 is 4.79 Å². The van der Waals surface area contributed by atoms with Crippen molar-refractivity contribution in [2.75, 3.05) is 5.75 Å². The number of aromatic nitrogens is 4. The fraction of sp³-hybridized carbons (Fsp3) is 0.300. The van der Waals surface area contributed by atoms with Crippen LogP contribution >= 0.6 is 11.8 Å².